The first-order chi connectivity index (χ1) is 11.3. The number of aliphatic imine (C=N–C) groups is 1. The first kappa shape index (κ1) is 19.7. The molecule has 1 amide bonds. The van der Waals surface area contributed by atoms with Crippen LogP contribution in [0.25, 0.3) is 0 Å². The first-order valence-electron chi connectivity index (χ1n) is 9.12. The van der Waals surface area contributed by atoms with Gasteiger partial charge in [-0.25, -0.2) is 0 Å². The molecule has 23 heavy (non-hydrogen) atoms. The number of nitrogens with one attached hydrogen (secondary N) is 3. The monoisotopic (exact) mass is 326 g/mol. The summed E-state index contributed by atoms with van der Waals surface area (Å²) in [6, 6.07) is 0. The van der Waals surface area contributed by atoms with E-state index in [1.165, 1.54) is 25.7 Å². The molecule has 6 heteroatoms. The van der Waals surface area contributed by atoms with E-state index in [1.54, 1.807) is 0 Å². The SMILES string of the molecule is CCNC(=NCCCOCC)NCCNC(=O)CC1CCCC1. The number of guanidine groups is 1. The van der Waals surface area contributed by atoms with Gasteiger partial charge in [-0.05, 0) is 39.0 Å². The summed E-state index contributed by atoms with van der Waals surface area (Å²) in [5.74, 6) is 1.58. The van der Waals surface area contributed by atoms with Crippen LogP contribution in [0, 0.1) is 5.92 Å². The molecule has 1 rings (SSSR count). The van der Waals surface area contributed by atoms with Gasteiger partial charge in [0.05, 0.1) is 0 Å². The van der Waals surface area contributed by atoms with E-state index in [-0.39, 0.29) is 5.91 Å². The Kier molecular flexibility index (Phi) is 11.3. The molecular weight excluding hydrogens is 292 g/mol. The highest BCUT2D eigenvalue weighted by Crippen LogP contribution is 2.27. The van der Waals surface area contributed by atoms with E-state index >= 15 is 0 Å². The van der Waals surface area contributed by atoms with Crippen LogP contribution in [0.5, 0.6) is 0 Å². The molecule has 0 bridgehead atoms. The maximum atomic E-state index is 11.8. The van der Waals surface area contributed by atoms with Gasteiger partial charge in [-0.3, -0.25) is 9.79 Å². The maximum Gasteiger partial charge on any atom is 0.220 e. The molecule has 0 saturated heterocycles. The Hall–Kier alpha value is -1.30. The minimum absolute atomic E-state index is 0.178. The lowest BCUT2D eigenvalue weighted by atomic mass is 10.0. The summed E-state index contributed by atoms with van der Waals surface area (Å²) < 4.78 is 5.30. The highest BCUT2D eigenvalue weighted by molar-refractivity contribution is 5.80. The van der Waals surface area contributed by atoms with Crippen molar-refractivity contribution < 1.29 is 9.53 Å². The molecule has 3 N–H and O–H groups in total. The van der Waals surface area contributed by atoms with Crippen LogP contribution in [0.3, 0.4) is 0 Å². The molecule has 0 heterocycles. The molecule has 6 nitrogen and oxygen atoms in total. The van der Waals surface area contributed by atoms with Crippen LogP contribution in [-0.4, -0.2) is 51.3 Å². The topological polar surface area (TPSA) is 74.8 Å². The van der Waals surface area contributed by atoms with Crippen molar-refractivity contribution in [2.24, 2.45) is 10.9 Å². The number of rotatable bonds is 11. The third-order valence-corrected chi connectivity index (χ3v) is 3.95. The van der Waals surface area contributed by atoms with Crippen molar-refractivity contribution in [1.82, 2.24) is 16.0 Å². The van der Waals surface area contributed by atoms with Gasteiger partial charge in [-0.2, -0.15) is 0 Å². The van der Waals surface area contributed by atoms with Crippen LogP contribution in [-0.2, 0) is 9.53 Å². The first-order valence-corrected chi connectivity index (χ1v) is 9.12. The van der Waals surface area contributed by atoms with Gasteiger partial charge in [0.2, 0.25) is 5.91 Å². The fourth-order valence-electron chi connectivity index (χ4n) is 2.78. The van der Waals surface area contributed by atoms with Crippen molar-refractivity contribution in [3.63, 3.8) is 0 Å². The quantitative estimate of drug-likeness (QED) is 0.307. The summed E-state index contributed by atoms with van der Waals surface area (Å²) in [7, 11) is 0. The molecule has 1 aliphatic carbocycles. The molecule has 0 atom stereocenters. The van der Waals surface area contributed by atoms with E-state index in [0.717, 1.165) is 38.7 Å². The Labute approximate surface area is 140 Å². The molecule has 0 spiro atoms. The fourth-order valence-corrected chi connectivity index (χ4v) is 2.78. The number of carbonyl (C=O) groups excluding carboxylic acids is 1. The number of hydrogen-bond donors (Lipinski definition) is 3. The summed E-state index contributed by atoms with van der Waals surface area (Å²) in [5, 5.41) is 9.44. The lowest BCUT2D eigenvalue weighted by Crippen LogP contribution is -2.41. The minimum Gasteiger partial charge on any atom is -0.382 e. The zero-order valence-electron chi connectivity index (χ0n) is 14.8. The second-order valence-corrected chi connectivity index (χ2v) is 5.94. The molecule has 0 radical (unpaired) electrons. The highest BCUT2D eigenvalue weighted by atomic mass is 16.5. The second-order valence-electron chi connectivity index (χ2n) is 5.94. The van der Waals surface area contributed by atoms with E-state index in [4.69, 9.17) is 4.74 Å². The van der Waals surface area contributed by atoms with E-state index in [1.807, 2.05) is 13.8 Å². The molecular formula is C17H34N4O2. The maximum absolute atomic E-state index is 11.8. The van der Waals surface area contributed by atoms with Crippen molar-refractivity contribution in [2.75, 3.05) is 39.4 Å². The summed E-state index contributed by atoms with van der Waals surface area (Å²) >= 11 is 0. The molecule has 0 aliphatic heterocycles. The van der Waals surface area contributed by atoms with Crippen LogP contribution in [0.15, 0.2) is 4.99 Å². The van der Waals surface area contributed by atoms with Gasteiger partial charge in [0.25, 0.3) is 0 Å². The Morgan fingerprint density at radius 3 is 2.57 bits per heavy atom. The van der Waals surface area contributed by atoms with E-state index in [2.05, 4.69) is 20.9 Å². The molecule has 1 saturated carbocycles. The van der Waals surface area contributed by atoms with Gasteiger partial charge >= 0.3 is 0 Å². The largest absolute Gasteiger partial charge is 0.382 e. The van der Waals surface area contributed by atoms with Crippen molar-refractivity contribution in [3.8, 4) is 0 Å². The lowest BCUT2D eigenvalue weighted by molar-refractivity contribution is -0.121. The minimum atomic E-state index is 0.178. The zero-order valence-corrected chi connectivity index (χ0v) is 14.8. The van der Waals surface area contributed by atoms with Crippen LogP contribution in [0.4, 0.5) is 0 Å². The lowest BCUT2D eigenvalue weighted by Gasteiger charge is -2.13. The molecule has 0 aromatic rings. The summed E-state index contributed by atoms with van der Waals surface area (Å²) in [6.45, 7) is 8.42. The van der Waals surface area contributed by atoms with Gasteiger partial charge in [0, 0.05) is 45.8 Å². The van der Waals surface area contributed by atoms with Crippen molar-refractivity contribution in [1.29, 1.82) is 0 Å². The molecule has 1 aliphatic rings. The van der Waals surface area contributed by atoms with Crippen molar-refractivity contribution in [2.45, 2.75) is 52.4 Å². The number of amides is 1. The summed E-state index contributed by atoms with van der Waals surface area (Å²) in [4.78, 5) is 16.3. The number of ether oxygens (including phenoxy) is 1. The summed E-state index contributed by atoms with van der Waals surface area (Å²) in [6.07, 6.45) is 6.60. The van der Waals surface area contributed by atoms with Crippen molar-refractivity contribution >= 4 is 11.9 Å². The van der Waals surface area contributed by atoms with E-state index in [9.17, 15) is 4.79 Å². The third kappa shape index (κ3) is 10.2. The third-order valence-electron chi connectivity index (χ3n) is 3.95. The van der Waals surface area contributed by atoms with Crippen molar-refractivity contribution in [3.05, 3.63) is 0 Å². The molecule has 0 unspecified atom stereocenters. The zero-order chi connectivity index (χ0) is 16.8. The van der Waals surface area contributed by atoms with Crippen LogP contribution in [0.1, 0.15) is 52.4 Å². The average Bonchev–Trinajstić information content (AvgIpc) is 3.04. The van der Waals surface area contributed by atoms with Crippen LogP contribution >= 0.6 is 0 Å². The second kappa shape index (κ2) is 13.2. The van der Waals surface area contributed by atoms with Gasteiger partial charge in [-0.1, -0.05) is 12.8 Å². The molecule has 1 fully saturated rings. The Balaban J connectivity index is 2.11. The Bertz CT molecular complexity index is 341. The number of carbonyl (C=O) groups is 1. The summed E-state index contributed by atoms with van der Waals surface area (Å²) in [5.41, 5.74) is 0. The van der Waals surface area contributed by atoms with Gasteiger partial charge in [0.1, 0.15) is 0 Å². The normalized spacial score (nSPS) is 15.7. The fraction of sp³-hybridized carbons (Fsp3) is 0.882. The molecule has 0 aromatic carbocycles. The van der Waals surface area contributed by atoms with Crippen LogP contribution < -0.4 is 16.0 Å². The van der Waals surface area contributed by atoms with Gasteiger partial charge in [0.15, 0.2) is 5.96 Å². The van der Waals surface area contributed by atoms with Crippen LogP contribution in [0.2, 0.25) is 0 Å². The molecule has 134 valence electrons. The Morgan fingerprint density at radius 1 is 1.13 bits per heavy atom. The van der Waals surface area contributed by atoms with E-state index in [0.29, 0.717) is 25.4 Å². The smallest absolute Gasteiger partial charge is 0.220 e. The number of hydrogen-bond acceptors (Lipinski definition) is 3. The predicted molar refractivity (Wildman–Crippen MR) is 94.7 cm³/mol. The van der Waals surface area contributed by atoms with Gasteiger partial charge < -0.3 is 20.7 Å². The number of nitrogens with zero attached hydrogens (tertiary/aromatic N) is 1. The highest BCUT2D eigenvalue weighted by Gasteiger charge is 2.17. The standard InChI is InChI=1S/C17H34N4O2/c1-3-18-17(20-10-7-13-23-4-2)21-12-11-19-16(22)14-15-8-5-6-9-15/h15H,3-14H2,1-2H3,(H,19,22)(H2,18,20,21). The Morgan fingerprint density at radius 2 is 1.87 bits per heavy atom. The van der Waals surface area contributed by atoms with Gasteiger partial charge in [-0.15, -0.1) is 0 Å². The average molecular weight is 326 g/mol. The molecule has 0 aromatic heterocycles. The predicted octanol–water partition coefficient (Wildman–Crippen LogP) is 1.66. The van der Waals surface area contributed by atoms with E-state index < -0.39 is 0 Å².